The molecule has 27 heavy (non-hydrogen) atoms. The van der Waals surface area contributed by atoms with Crippen LogP contribution >= 0.6 is 0 Å². The Morgan fingerprint density at radius 3 is 2.22 bits per heavy atom. The number of hydrogen-bond donors (Lipinski definition) is 3. The number of anilines is 1. The minimum atomic E-state index is -1.10. The Morgan fingerprint density at radius 2 is 1.67 bits per heavy atom. The van der Waals surface area contributed by atoms with Crippen molar-refractivity contribution >= 4 is 17.6 Å². The maximum absolute atomic E-state index is 13.0. The number of nitrogens with one attached hydrogen (secondary N) is 2. The first-order chi connectivity index (χ1) is 13.2. The number of aliphatic hydroxyl groups excluding tert-OH is 1. The van der Waals surface area contributed by atoms with Crippen molar-refractivity contribution in [1.82, 2.24) is 10.5 Å². The highest BCUT2D eigenvalue weighted by Crippen LogP contribution is 2.44. The van der Waals surface area contributed by atoms with Crippen molar-refractivity contribution in [3.63, 3.8) is 0 Å². The summed E-state index contributed by atoms with van der Waals surface area (Å²) in [6, 6.07) is 15.7. The van der Waals surface area contributed by atoms with Crippen LogP contribution in [0.1, 0.15) is 17.0 Å². The Labute approximate surface area is 155 Å². The molecule has 3 N–H and O–H groups in total. The fourth-order valence-corrected chi connectivity index (χ4v) is 3.38. The summed E-state index contributed by atoms with van der Waals surface area (Å²) in [4.78, 5) is 25.3. The minimum Gasteiger partial charge on any atom is -0.394 e. The van der Waals surface area contributed by atoms with Gasteiger partial charge >= 0.3 is 0 Å². The summed E-state index contributed by atoms with van der Waals surface area (Å²) in [6.07, 6.45) is 1.31. The Bertz CT molecular complexity index is 939. The summed E-state index contributed by atoms with van der Waals surface area (Å²) in [5.74, 6) is -1.24. The van der Waals surface area contributed by atoms with Gasteiger partial charge in [0.2, 0.25) is 5.91 Å². The summed E-state index contributed by atoms with van der Waals surface area (Å²) in [5.41, 5.74) is 3.76. The number of benzene rings is 2. The molecule has 1 aliphatic rings. The molecular weight excluding hydrogens is 346 g/mol. The van der Waals surface area contributed by atoms with E-state index in [0.717, 1.165) is 22.3 Å². The second-order valence-electron chi connectivity index (χ2n) is 6.23. The largest absolute Gasteiger partial charge is 0.394 e. The SMILES string of the molecule is O=C(N[C@@H](CO)C(=O)Nc1ccon1)C1c2ccccc2-c2ccccc21. The maximum atomic E-state index is 13.0. The summed E-state index contributed by atoms with van der Waals surface area (Å²) in [5, 5.41) is 18.3. The molecule has 4 rings (SSSR count). The van der Waals surface area contributed by atoms with Crippen LogP contribution in [0.15, 0.2) is 65.4 Å². The molecule has 0 bridgehead atoms. The summed E-state index contributed by atoms with van der Waals surface area (Å²) in [6.45, 7) is -0.536. The van der Waals surface area contributed by atoms with Crippen molar-refractivity contribution in [3.05, 3.63) is 72.0 Å². The first-order valence-corrected chi connectivity index (χ1v) is 8.49. The Morgan fingerprint density at radius 1 is 1.04 bits per heavy atom. The molecule has 0 spiro atoms. The standard InChI is InChI=1S/C20H17N3O4/c24-11-16(19(25)22-17-9-10-27-23-17)21-20(26)18-14-7-3-1-5-12(14)13-6-2-4-8-15(13)18/h1-10,16,18,24H,11H2,(H,21,26)(H,22,23,25)/t16-/m0/s1. The first kappa shape index (κ1) is 17.0. The maximum Gasteiger partial charge on any atom is 0.250 e. The lowest BCUT2D eigenvalue weighted by Crippen LogP contribution is -2.47. The van der Waals surface area contributed by atoms with Crippen molar-refractivity contribution in [1.29, 1.82) is 0 Å². The highest BCUT2D eigenvalue weighted by atomic mass is 16.5. The fraction of sp³-hybridized carbons (Fsp3) is 0.150. The van der Waals surface area contributed by atoms with Gasteiger partial charge in [-0.2, -0.15) is 0 Å². The van der Waals surface area contributed by atoms with Gasteiger partial charge in [-0.3, -0.25) is 9.59 Å². The first-order valence-electron chi connectivity index (χ1n) is 8.49. The second kappa shape index (κ2) is 7.05. The molecule has 0 saturated heterocycles. The number of aliphatic hydroxyl groups is 1. The third-order valence-electron chi connectivity index (χ3n) is 4.60. The van der Waals surface area contributed by atoms with Crippen molar-refractivity contribution in [2.24, 2.45) is 0 Å². The third kappa shape index (κ3) is 3.09. The number of aromatic nitrogens is 1. The molecular formula is C20H17N3O4. The van der Waals surface area contributed by atoms with E-state index in [1.54, 1.807) is 0 Å². The second-order valence-corrected chi connectivity index (χ2v) is 6.23. The van der Waals surface area contributed by atoms with Crippen molar-refractivity contribution < 1.29 is 19.2 Å². The van der Waals surface area contributed by atoms with E-state index in [0.29, 0.717) is 0 Å². The molecule has 3 aromatic rings. The predicted octanol–water partition coefficient (Wildman–Crippen LogP) is 1.90. The van der Waals surface area contributed by atoms with E-state index in [1.807, 2.05) is 48.5 Å². The van der Waals surface area contributed by atoms with Gasteiger partial charge in [0, 0.05) is 6.07 Å². The molecule has 0 saturated carbocycles. The monoisotopic (exact) mass is 363 g/mol. The van der Waals surface area contributed by atoms with Crippen LogP contribution in [0.2, 0.25) is 0 Å². The molecule has 7 nitrogen and oxygen atoms in total. The molecule has 1 heterocycles. The molecule has 0 aliphatic heterocycles. The normalized spacial score (nSPS) is 13.5. The van der Waals surface area contributed by atoms with E-state index in [9.17, 15) is 14.7 Å². The highest BCUT2D eigenvalue weighted by Gasteiger charge is 2.35. The lowest BCUT2D eigenvalue weighted by atomic mass is 9.95. The highest BCUT2D eigenvalue weighted by molar-refractivity contribution is 6.00. The van der Waals surface area contributed by atoms with E-state index >= 15 is 0 Å². The van der Waals surface area contributed by atoms with Crippen LogP contribution in [-0.4, -0.2) is 34.7 Å². The number of amides is 2. The smallest absolute Gasteiger partial charge is 0.250 e. The summed E-state index contributed by atoms with van der Waals surface area (Å²) in [7, 11) is 0. The van der Waals surface area contributed by atoms with E-state index in [2.05, 4.69) is 20.3 Å². The molecule has 7 heteroatoms. The van der Waals surface area contributed by atoms with E-state index in [1.165, 1.54) is 12.3 Å². The molecule has 0 unspecified atom stereocenters. The van der Waals surface area contributed by atoms with Gasteiger partial charge < -0.3 is 20.3 Å². The van der Waals surface area contributed by atoms with Crippen LogP contribution in [0.5, 0.6) is 0 Å². The van der Waals surface area contributed by atoms with Gasteiger partial charge in [-0.1, -0.05) is 53.7 Å². The summed E-state index contributed by atoms with van der Waals surface area (Å²) < 4.78 is 4.65. The zero-order chi connectivity index (χ0) is 18.8. The van der Waals surface area contributed by atoms with Crippen LogP contribution in [0.3, 0.4) is 0 Å². The van der Waals surface area contributed by atoms with Crippen LogP contribution in [0.4, 0.5) is 5.82 Å². The van der Waals surface area contributed by atoms with Crippen molar-refractivity contribution in [3.8, 4) is 11.1 Å². The predicted molar refractivity (Wildman–Crippen MR) is 97.9 cm³/mol. The Kier molecular flexibility index (Phi) is 4.43. The quantitative estimate of drug-likeness (QED) is 0.642. The zero-order valence-electron chi connectivity index (χ0n) is 14.3. The lowest BCUT2D eigenvalue weighted by molar-refractivity contribution is -0.127. The van der Waals surface area contributed by atoms with E-state index in [4.69, 9.17) is 0 Å². The molecule has 1 aromatic heterocycles. The lowest BCUT2D eigenvalue weighted by Gasteiger charge is -2.19. The van der Waals surface area contributed by atoms with Crippen molar-refractivity contribution in [2.75, 3.05) is 11.9 Å². The Hall–Kier alpha value is -3.45. The van der Waals surface area contributed by atoms with Gasteiger partial charge in [0.05, 0.1) is 12.5 Å². The number of nitrogens with zero attached hydrogens (tertiary/aromatic N) is 1. The van der Waals surface area contributed by atoms with Gasteiger partial charge in [0.1, 0.15) is 12.3 Å². The molecule has 2 aromatic carbocycles. The third-order valence-corrected chi connectivity index (χ3v) is 4.60. The number of fused-ring (bicyclic) bond motifs is 3. The molecule has 1 atom stereocenters. The molecule has 0 fully saturated rings. The minimum absolute atomic E-state index is 0.212. The molecule has 2 amide bonds. The van der Waals surface area contributed by atoms with Crippen molar-refractivity contribution in [2.45, 2.75) is 12.0 Å². The summed E-state index contributed by atoms with van der Waals surface area (Å²) >= 11 is 0. The average molecular weight is 363 g/mol. The van der Waals surface area contributed by atoms with Crippen LogP contribution in [-0.2, 0) is 9.59 Å². The van der Waals surface area contributed by atoms with Gasteiger partial charge in [-0.25, -0.2) is 0 Å². The number of hydrogen-bond acceptors (Lipinski definition) is 5. The zero-order valence-corrected chi connectivity index (χ0v) is 14.3. The van der Waals surface area contributed by atoms with Crippen LogP contribution in [0.25, 0.3) is 11.1 Å². The Balaban J connectivity index is 1.58. The van der Waals surface area contributed by atoms with E-state index < -0.39 is 24.5 Å². The average Bonchev–Trinajstić information content (AvgIpc) is 3.31. The van der Waals surface area contributed by atoms with Gasteiger partial charge in [-0.15, -0.1) is 0 Å². The van der Waals surface area contributed by atoms with Gasteiger partial charge in [-0.05, 0) is 22.3 Å². The number of rotatable bonds is 5. The van der Waals surface area contributed by atoms with Gasteiger partial charge in [0.25, 0.3) is 5.91 Å². The number of carbonyl (C=O) groups excluding carboxylic acids is 2. The molecule has 136 valence electrons. The fourth-order valence-electron chi connectivity index (χ4n) is 3.38. The number of carbonyl (C=O) groups is 2. The molecule has 1 aliphatic carbocycles. The van der Waals surface area contributed by atoms with E-state index in [-0.39, 0.29) is 11.7 Å². The van der Waals surface area contributed by atoms with Crippen LogP contribution in [0, 0.1) is 0 Å². The van der Waals surface area contributed by atoms with Crippen LogP contribution < -0.4 is 10.6 Å². The molecule has 0 radical (unpaired) electrons. The van der Waals surface area contributed by atoms with Gasteiger partial charge in [0.15, 0.2) is 5.82 Å². The topological polar surface area (TPSA) is 104 Å².